The highest BCUT2D eigenvalue weighted by molar-refractivity contribution is 6.31. The first kappa shape index (κ1) is 11.6. The summed E-state index contributed by atoms with van der Waals surface area (Å²) in [6, 6.07) is 0. The second-order valence-corrected chi connectivity index (χ2v) is 5.10. The van der Waals surface area contributed by atoms with E-state index in [1.54, 1.807) is 12.4 Å². The lowest BCUT2D eigenvalue weighted by molar-refractivity contribution is -0.0751. The number of anilines is 1. The van der Waals surface area contributed by atoms with E-state index in [1.807, 2.05) is 0 Å². The van der Waals surface area contributed by atoms with Gasteiger partial charge in [-0.2, -0.15) is 0 Å². The topological polar surface area (TPSA) is 38.2 Å². The van der Waals surface area contributed by atoms with Gasteiger partial charge < -0.3 is 9.64 Å². The molecule has 0 spiro atoms. The lowest BCUT2D eigenvalue weighted by Crippen LogP contribution is -2.52. The average Bonchev–Trinajstić information content (AvgIpc) is 2.15. The molecule has 1 fully saturated rings. The summed E-state index contributed by atoms with van der Waals surface area (Å²) in [6.45, 7) is 7.76. The highest BCUT2D eigenvalue weighted by Gasteiger charge is 2.32. The molecule has 0 saturated carbocycles. The monoisotopic (exact) mass is 241 g/mol. The van der Waals surface area contributed by atoms with Crippen molar-refractivity contribution >= 4 is 17.4 Å². The Labute approximate surface area is 101 Å². The van der Waals surface area contributed by atoms with Crippen LogP contribution in [0.25, 0.3) is 0 Å². The fraction of sp³-hybridized carbons (Fsp3) is 0.636. The van der Waals surface area contributed by atoms with E-state index in [0.717, 1.165) is 18.9 Å². The number of aromatic nitrogens is 2. The number of morpholine rings is 1. The van der Waals surface area contributed by atoms with Crippen LogP contribution in [0, 0.1) is 0 Å². The van der Waals surface area contributed by atoms with E-state index < -0.39 is 0 Å². The number of hydrogen-bond donors (Lipinski definition) is 0. The first-order valence-corrected chi connectivity index (χ1v) is 5.75. The predicted molar refractivity (Wildman–Crippen MR) is 63.9 cm³/mol. The summed E-state index contributed by atoms with van der Waals surface area (Å²) in [5.41, 5.74) is -0.182. The van der Waals surface area contributed by atoms with Gasteiger partial charge in [-0.1, -0.05) is 11.6 Å². The van der Waals surface area contributed by atoms with Crippen molar-refractivity contribution in [3.05, 3.63) is 17.5 Å². The zero-order chi connectivity index (χ0) is 11.8. The first-order valence-electron chi connectivity index (χ1n) is 5.37. The highest BCUT2D eigenvalue weighted by atomic mass is 35.5. The smallest absolute Gasteiger partial charge is 0.171 e. The molecule has 0 radical (unpaired) electrons. The highest BCUT2D eigenvalue weighted by Crippen LogP contribution is 2.27. The summed E-state index contributed by atoms with van der Waals surface area (Å²) in [4.78, 5) is 10.5. The summed E-state index contributed by atoms with van der Waals surface area (Å²) >= 11 is 6.04. The lowest BCUT2D eigenvalue weighted by Gasteiger charge is -2.42. The summed E-state index contributed by atoms with van der Waals surface area (Å²) in [6.07, 6.45) is 3.43. The van der Waals surface area contributed by atoms with Crippen LogP contribution >= 0.6 is 11.6 Å². The standard InChI is InChI=1S/C11H16ClN3O/c1-8-6-15(7-11(2,3)16-8)10-9(12)13-4-5-14-10/h4-5,8H,6-7H2,1-3H3. The molecule has 1 unspecified atom stereocenters. The van der Waals surface area contributed by atoms with Gasteiger partial charge in [0.15, 0.2) is 11.0 Å². The lowest BCUT2D eigenvalue weighted by atomic mass is 10.1. The average molecular weight is 242 g/mol. The summed E-state index contributed by atoms with van der Waals surface area (Å²) in [5, 5.41) is 0.451. The number of hydrogen-bond acceptors (Lipinski definition) is 4. The van der Waals surface area contributed by atoms with Crippen molar-refractivity contribution in [1.29, 1.82) is 0 Å². The summed E-state index contributed by atoms with van der Waals surface area (Å²) in [5.74, 6) is 0.743. The maximum absolute atomic E-state index is 6.04. The van der Waals surface area contributed by atoms with Gasteiger partial charge in [0.25, 0.3) is 0 Å². The van der Waals surface area contributed by atoms with E-state index in [1.165, 1.54) is 0 Å². The van der Waals surface area contributed by atoms with Crippen molar-refractivity contribution in [2.75, 3.05) is 18.0 Å². The van der Waals surface area contributed by atoms with E-state index in [9.17, 15) is 0 Å². The molecule has 0 aromatic carbocycles. The summed E-state index contributed by atoms with van der Waals surface area (Å²) < 4.78 is 5.83. The van der Waals surface area contributed by atoms with Gasteiger partial charge in [0.2, 0.25) is 0 Å². The third-order valence-corrected chi connectivity index (χ3v) is 2.77. The van der Waals surface area contributed by atoms with Crippen molar-refractivity contribution in [3.63, 3.8) is 0 Å². The Bertz CT molecular complexity index is 383. The van der Waals surface area contributed by atoms with Crippen LogP contribution in [0.3, 0.4) is 0 Å². The molecule has 0 bridgehead atoms. The molecule has 16 heavy (non-hydrogen) atoms. The first-order chi connectivity index (χ1) is 7.48. The van der Waals surface area contributed by atoms with Crippen molar-refractivity contribution < 1.29 is 4.74 Å². The van der Waals surface area contributed by atoms with Gasteiger partial charge in [-0.15, -0.1) is 0 Å². The van der Waals surface area contributed by atoms with Crippen LogP contribution in [0.5, 0.6) is 0 Å². The Morgan fingerprint density at radius 3 is 2.75 bits per heavy atom. The quantitative estimate of drug-likeness (QED) is 0.755. The minimum absolute atomic E-state index is 0.168. The molecule has 88 valence electrons. The number of ether oxygens (including phenoxy) is 1. The second-order valence-electron chi connectivity index (χ2n) is 4.74. The fourth-order valence-corrected chi connectivity index (χ4v) is 2.37. The van der Waals surface area contributed by atoms with Gasteiger partial charge in [-0.3, -0.25) is 0 Å². The Hall–Kier alpha value is -0.870. The molecule has 1 atom stereocenters. The van der Waals surface area contributed by atoms with Crippen LogP contribution in [-0.2, 0) is 4.74 Å². The second kappa shape index (κ2) is 4.18. The van der Waals surface area contributed by atoms with Crippen molar-refractivity contribution in [2.24, 2.45) is 0 Å². The van der Waals surface area contributed by atoms with Gasteiger partial charge in [0, 0.05) is 25.5 Å². The molecule has 2 heterocycles. The van der Waals surface area contributed by atoms with E-state index in [2.05, 4.69) is 35.6 Å². The molecule has 0 N–H and O–H groups in total. The molecular weight excluding hydrogens is 226 g/mol. The minimum atomic E-state index is -0.182. The SMILES string of the molecule is CC1CN(c2nccnc2Cl)CC(C)(C)O1. The normalized spacial score (nSPS) is 24.5. The van der Waals surface area contributed by atoms with E-state index in [-0.39, 0.29) is 11.7 Å². The Morgan fingerprint density at radius 2 is 2.12 bits per heavy atom. The van der Waals surface area contributed by atoms with Crippen molar-refractivity contribution in [1.82, 2.24) is 9.97 Å². The molecule has 1 aliphatic rings. The van der Waals surface area contributed by atoms with Gasteiger partial charge >= 0.3 is 0 Å². The summed E-state index contributed by atoms with van der Waals surface area (Å²) in [7, 11) is 0. The Balaban J connectivity index is 2.25. The zero-order valence-corrected chi connectivity index (χ0v) is 10.5. The predicted octanol–water partition coefficient (Wildman–Crippen LogP) is 2.13. The molecule has 0 aliphatic carbocycles. The van der Waals surface area contributed by atoms with Crippen LogP contribution in [0.2, 0.25) is 5.15 Å². The number of halogens is 1. The fourth-order valence-electron chi connectivity index (χ4n) is 2.14. The molecule has 1 aromatic rings. The van der Waals surface area contributed by atoms with Crippen LogP contribution in [0.4, 0.5) is 5.82 Å². The van der Waals surface area contributed by atoms with E-state index in [0.29, 0.717) is 5.15 Å². The molecule has 1 aliphatic heterocycles. The molecule has 4 nitrogen and oxygen atoms in total. The molecular formula is C11H16ClN3O. The zero-order valence-electron chi connectivity index (χ0n) is 9.77. The van der Waals surface area contributed by atoms with Gasteiger partial charge in [-0.05, 0) is 20.8 Å². The van der Waals surface area contributed by atoms with Crippen LogP contribution in [-0.4, -0.2) is 34.8 Å². The minimum Gasteiger partial charge on any atom is -0.369 e. The van der Waals surface area contributed by atoms with E-state index >= 15 is 0 Å². The molecule has 1 saturated heterocycles. The van der Waals surface area contributed by atoms with Crippen LogP contribution in [0.1, 0.15) is 20.8 Å². The maximum Gasteiger partial charge on any atom is 0.171 e. The molecule has 0 amide bonds. The Kier molecular flexibility index (Phi) is 3.04. The largest absolute Gasteiger partial charge is 0.369 e. The van der Waals surface area contributed by atoms with E-state index in [4.69, 9.17) is 16.3 Å². The van der Waals surface area contributed by atoms with Crippen molar-refractivity contribution in [2.45, 2.75) is 32.5 Å². The van der Waals surface area contributed by atoms with Crippen molar-refractivity contribution in [3.8, 4) is 0 Å². The number of rotatable bonds is 1. The molecule has 1 aromatic heterocycles. The van der Waals surface area contributed by atoms with Gasteiger partial charge in [0.05, 0.1) is 11.7 Å². The Morgan fingerprint density at radius 1 is 1.44 bits per heavy atom. The van der Waals surface area contributed by atoms with Gasteiger partial charge in [0.1, 0.15) is 0 Å². The van der Waals surface area contributed by atoms with Crippen LogP contribution in [0.15, 0.2) is 12.4 Å². The molecule has 2 rings (SSSR count). The number of nitrogens with zero attached hydrogens (tertiary/aromatic N) is 3. The third kappa shape index (κ3) is 2.44. The van der Waals surface area contributed by atoms with Crippen LogP contribution < -0.4 is 4.90 Å². The van der Waals surface area contributed by atoms with Gasteiger partial charge in [-0.25, -0.2) is 9.97 Å². The molecule has 5 heteroatoms. The third-order valence-electron chi connectivity index (χ3n) is 2.50. The maximum atomic E-state index is 6.04.